The summed E-state index contributed by atoms with van der Waals surface area (Å²) in [5.74, 6) is 12.3. The highest BCUT2D eigenvalue weighted by atomic mass is 14.3. The molecule has 33 heavy (non-hydrogen) atoms. The lowest BCUT2D eigenvalue weighted by atomic mass is 9.69. The largest absolute Gasteiger partial charge is 0.0730 e. The fraction of sp³-hybridized carbons (Fsp3) is 0.697. The molecule has 0 spiro atoms. The minimum atomic E-state index is 0.757. The van der Waals surface area contributed by atoms with Gasteiger partial charge < -0.3 is 0 Å². The second-order valence-electron chi connectivity index (χ2n) is 11.6. The van der Waals surface area contributed by atoms with Gasteiger partial charge in [0.1, 0.15) is 0 Å². The lowest BCUT2D eigenvalue weighted by Crippen LogP contribution is -2.25. The van der Waals surface area contributed by atoms with E-state index in [9.17, 15) is 0 Å². The quantitative estimate of drug-likeness (QED) is 0.383. The van der Waals surface area contributed by atoms with Crippen LogP contribution in [0.25, 0.3) is 0 Å². The molecule has 1 aromatic rings. The average Bonchev–Trinajstić information content (AvgIpc) is 2.88. The summed E-state index contributed by atoms with van der Waals surface area (Å²) in [4.78, 5) is 0. The topological polar surface area (TPSA) is 0 Å². The molecule has 0 saturated heterocycles. The molecule has 180 valence electrons. The van der Waals surface area contributed by atoms with Crippen LogP contribution in [0.3, 0.4) is 0 Å². The van der Waals surface area contributed by atoms with Crippen LogP contribution in [-0.4, -0.2) is 0 Å². The minimum Gasteiger partial charge on any atom is -0.0730 e. The van der Waals surface area contributed by atoms with E-state index in [4.69, 9.17) is 0 Å². The minimum absolute atomic E-state index is 0.757. The molecule has 0 aliphatic heterocycles. The molecular weight excluding hydrogens is 396 g/mol. The van der Waals surface area contributed by atoms with E-state index in [0.717, 1.165) is 41.1 Å². The summed E-state index contributed by atoms with van der Waals surface area (Å²) in [7, 11) is 0. The zero-order valence-corrected chi connectivity index (χ0v) is 21.5. The van der Waals surface area contributed by atoms with Crippen LogP contribution in [0.4, 0.5) is 0 Å². The highest BCUT2D eigenvalue weighted by molar-refractivity contribution is 5.39. The van der Waals surface area contributed by atoms with Gasteiger partial charge in [-0.05, 0) is 123 Å². The summed E-state index contributed by atoms with van der Waals surface area (Å²) in [6.45, 7) is 4.70. The Labute approximate surface area is 205 Å². The number of rotatable bonds is 6. The van der Waals surface area contributed by atoms with E-state index in [1.807, 2.05) is 0 Å². The second-order valence-corrected chi connectivity index (χ2v) is 11.6. The highest BCUT2D eigenvalue weighted by Gasteiger charge is 2.29. The molecular formula is C33H48. The van der Waals surface area contributed by atoms with Crippen LogP contribution < -0.4 is 0 Å². The van der Waals surface area contributed by atoms with Crippen molar-refractivity contribution in [3.63, 3.8) is 0 Å². The van der Waals surface area contributed by atoms with E-state index in [2.05, 4.69) is 62.1 Å². The van der Waals surface area contributed by atoms with Crippen molar-refractivity contribution in [2.24, 2.45) is 29.6 Å². The summed E-state index contributed by atoms with van der Waals surface area (Å²) in [6.07, 6.45) is 26.0. The summed E-state index contributed by atoms with van der Waals surface area (Å²) in [5.41, 5.74) is 2.69. The van der Waals surface area contributed by atoms with Gasteiger partial charge in [-0.2, -0.15) is 0 Å². The van der Waals surface area contributed by atoms with Gasteiger partial charge in [-0.15, -0.1) is 0 Å². The van der Waals surface area contributed by atoms with Crippen molar-refractivity contribution in [3.05, 3.63) is 47.5 Å². The van der Waals surface area contributed by atoms with Crippen LogP contribution in [0.5, 0.6) is 0 Å². The Morgan fingerprint density at radius 3 is 1.94 bits per heavy atom. The maximum Gasteiger partial charge on any atom is 0.0249 e. The van der Waals surface area contributed by atoms with E-state index in [1.165, 1.54) is 102 Å². The molecule has 0 amide bonds. The van der Waals surface area contributed by atoms with Crippen LogP contribution >= 0.6 is 0 Å². The lowest BCUT2D eigenvalue weighted by Gasteiger charge is -2.37. The molecule has 0 N–H and O–H groups in total. The molecule has 3 aliphatic carbocycles. The predicted molar refractivity (Wildman–Crippen MR) is 143 cm³/mol. The molecule has 0 radical (unpaired) electrons. The molecule has 0 heterocycles. The summed E-state index contributed by atoms with van der Waals surface area (Å²) >= 11 is 0. The van der Waals surface area contributed by atoms with Gasteiger partial charge in [-0.25, -0.2) is 0 Å². The Morgan fingerprint density at radius 2 is 1.33 bits per heavy atom. The summed E-state index contributed by atoms with van der Waals surface area (Å²) < 4.78 is 0. The van der Waals surface area contributed by atoms with Crippen molar-refractivity contribution in [3.8, 4) is 11.8 Å². The van der Waals surface area contributed by atoms with Gasteiger partial charge in [-0.3, -0.25) is 0 Å². The zero-order chi connectivity index (χ0) is 22.9. The molecule has 0 atom stereocenters. The Hall–Kier alpha value is -1.48. The summed E-state index contributed by atoms with van der Waals surface area (Å²) in [6, 6.07) is 9.17. The van der Waals surface area contributed by atoms with E-state index in [0.29, 0.717) is 0 Å². The van der Waals surface area contributed by atoms with E-state index in [1.54, 1.807) is 0 Å². The first-order chi connectivity index (χ1) is 16.2. The maximum absolute atomic E-state index is 3.37. The summed E-state index contributed by atoms with van der Waals surface area (Å²) in [5, 5.41) is 0. The molecule has 3 fully saturated rings. The van der Waals surface area contributed by atoms with Gasteiger partial charge in [0.2, 0.25) is 0 Å². The van der Waals surface area contributed by atoms with E-state index < -0.39 is 0 Å². The van der Waals surface area contributed by atoms with Crippen molar-refractivity contribution < 1.29 is 0 Å². The van der Waals surface area contributed by atoms with Crippen LogP contribution in [0, 0.1) is 41.4 Å². The third kappa shape index (κ3) is 7.25. The molecule has 3 aliphatic rings. The standard InChI is InChI=1S/C33H48/c1-3-7-27-12-20-31(21-13-27)33-24-16-29(17-25-33)9-6-5-8-28-14-22-32(23-15-28)30-18-10-26(4-2)11-19-30/h5,8,16-17,24-28,30-32H,3-4,7,10-15,18-23H2,1-2H3. The van der Waals surface area contributed by atoms with Crippen molar-refractivity contribution in [1.29, 1.82) is 0 Å². The van der Waals surface area contributed by atoms with Crippen LogP contribution in [0.15, 0.2) is 36.4 Å². The number of allylic oxidation sites excluding steroid dienone is 2. The zero-order valence-electron chi connectivity index (χ0n) is 21.5. The number of benzene rings is 1. The Balaban J connectivity index is 1.18. The Kier molecular flexibility index (Phi) is 9.58. The highest BCUT2D eigenvalue weighted by Crippen LogP contribution is 2.42. The van der Waals surface area contributed by atoms with Gasteiger partial charge in [0.05, 0.1) is 0 Å². The Bertz CT molecular complexity index is 764. The second kappa shape index (κ2) is 12.8. The van der Waals surface area contributed by atoms with Gasteiger partial charge >= 0.3 is 0 Å². The molecule has 3 saturated carbocycles. The first-order valence-electron chi connectivity index (χ1n) is 14.5. The van der Waals surface area contributed by atoms with Crippen molar-refractivity contribution >= 4 is 0 Å². The fourth-order valence-corrected chi connectivity index (χ4v) is 7.22. The number of hydrogen-bond acceptors (Lipinski definition) is 0. The van der Waals surface area contributed by atoms with E-state index >= 15 is 0 Å². The van der Waals surface area contributed by atoms with Crippen molar-refractivity contribution in [1.82, 2.24) is 0 Å². The molecule has 1 aromatic carbocycles. The molecule has 0 heteroatoms. The first-order valence-corrected chi connectivity index (χ1v) is 14.5. The van der Waals surface area contributed by atoms with Gasteiger partial charge in [-0.1, -0.05) is 76.0 Å². The van der Waals surface area contributed by atoms with E-state index in [-0.39, 0.29) is 0 Å². The van der Waals surface area contributed by atoms with Gasteiger partial charge in [0, 0.05) is 5.56 Å². The van der Waals surface area contributed by atoms with Crippen molar-refractivity contribution in [2.75, 3.05) is 0 Å². The Morgan fingerprint density at radius 1 is 0.727 bits per heavy atom. The molecule has 0 bridgehead atoms. The van der Waals surface area contributed by atoms with Crippen LogP contribution in [0.1, 0.15) is 127 Å². The SMILES string of the molecule is CCCC1CCC(c2ccc(C#CC=CC3CCC(C4CCC(CC)CC4)CC3)cc2)CC1. The molecule has 0 aromatic heterocycles. The maximum atomic E-state index is 3.37. The molecule has 0 nitrogen and oxygen atoms in total. The van der Waals surface area contributed by atoms with Crippen LogP contribution in [-0.2, 0) is 0 Å². The normalized spacial score (nSPS) is 32.9. The average molecular weight is 445 g/mol. The molecule has 0 unspecified atom stereocenters. The third-order valence-corrected chi connectivity index (χ3v) is 9.55. The van der Waals surface area contributed by atoms with Crippen molar-refractivity contribution in [2.45, 2.75) is 116 Å². The first kappa shape index (κ1) is 24.6. The monoisotopic (exact) mass is 444 g/mol. The number of hydrogen-bond donors (Lipinski definition) is 0. The smallest absolute Gasteiger partial charge is 0.0249 e. The predicted octanol–water partition coefficient (Wildman–Crippen LogP) is 9.69. The fourth-order valence-electron chi connectivity index (χ4n) is 7.22. The van der Waals surface area contributed by atoms with Gasteiger partial charge in [0.15, 0.2) is 0 Å². The lowest BCUT2D eigenvalue weighted by molar-refractivity contribution is 0.154. The third-order valence-electron chi connectivity index (χ3n) is 9.55. The van der Waals surface area contributed by atoms with Crippen LogP contribution in [0.2, 0.25) is 0 Å². The molecule has 4 rings (SSSR count). The van der Waals surface area contributed by atoms with Gasteiger partial charge in [0.25, 0.3) is 0 Å².